The molecule has 13 heavy (non-hydrogen) atoms. The van der Waals surface area contributed by atoms with E-state index in [0.717, 1.165) is 11.0 Å². The van der Waals surface area contributed by atoms with Crippen molar-refractivity contribution in [2.75, 3.05) is 5.32 Å². The van der Waals surface area contributed by atoms with E-state index in [9.17, 15) is 0 Å². The highest BCUT2D eigenvalue weighted by atomic mass is 32.1. The molecule has 4 heteroatoms. The van der Waals surface area contributed by atoms with E-state index in [-0.39, 0.29) is 0 Å². The highest BCUT2D eigenvalue weighted by Gasteiger charge is 2.23. The second-order valence-corrected chi connectivity index (χ2v) is 4.51. The van der Waals surface area contributed by atoms with Crippen molar-refractivity contribution in [1.29, 1.82) is 0 Å². The third-order valence-electron chi connectivity index (χ3n) is 2.81. The van der Waals surface area contributed by atoms with E-state index in [1.165, 1.54) is 25.7 Å². The first-order valence-electron chi connectivity index (χ1n) is 4.91. The lowest BCUT2D eigenvalue weighted by Gasteiger charge is -2.10. The number of anilines is 1. The normalized spacial score (nSPS) is 27.8. The molecule has 0 radical (unpaired) electrons. The second-order valence-electron chi connectivity index (χ2n) is 3.67. The van der Waals surface area contributed by atoms with Gasteiger partial charge in [0.15, 0.2) is 0 Å². The molecule has 0 bridgehead atoms. The molecule has 1 aliphatic carbocycles. The zero-order valence-corrected chi connectivity index (χ0v) is 8.68. The van der Waals surface area contributed by atoms with Crippen molar-refractivity contribution in [2.24, 2.45) is 5.92 Å². The van der Waals surface area contributed by atoms with E-state index in [4.69, 9.17) is 0 Å². The molecule has 2 unspecified atom stereocenters. The van der Waals surface area contributed by atoms with Gasteiger partial charge in [0.1, 0.15) is 5.51 Å². The van der Waals surface area contributed by atoms with Crippen molar-refractivity contribution in [3.63, 3.8) is 0 Å². The first-order chi connectivity index (χ1) is 6.38. The summed E-state index contributed by atoms with van der Waals surface area (Å²) in [5.74, 6) is 0.922. The predicted molar refractivity (Wildman–Crippen MR) is 55.0 cm³/mol. The Hall–Kier alpha value is -0.640. The van der Waals surface area contributed by atoms with Crippen LogP contribution >= 0.6 is 11.3 Å². The fourth-order valence-electron chi connectivity index (χ4n) is 1.99. The van der Waals surface area contributed by atoms with Gasteiger partial charge in [0.2, 0.25) is 5.13 Å². The Labute approximate surface area is 82.6 Å². The Morgan fingerprint density at radius 3 is 3.15 bits per heavy atom. The van der Waals surface area contributed by atoms with Crippen LogP contribution in [0.15, 0.2) is 5.51 Å². The molecule has 1 aromatic heterocycles. The van der Waals surface area contributed by atoms with Gasteiger partial charge in [-0.15, -0.1) is 10.2 Å². The average molecular weight is 197 g/mol. The molecule has 0 amide bonds. The Bertz CT molecular complexity index is 247. The molecule has 0 saturated heterocycles. The summed E-state index contributed by atoms with van der Waals surface area (Å²) in [4.78, 5) is 0. The van der Waals surface area contributed by atoms with Crippen molar-refractivity contribution in [3.8, 4) is 0 Å². The lowest BCUT2D eigenvalue weighted by Crippen LogP contribution is -2.15. The van der Waals surface area contributed by atoms with E-state index in [0.29, 0.717) is 6.04 Å². The number of nitrogens with one attached hydrogen (secondary N) is 1. The van der Waals surface area contributed by atoms with Crippen LogP contribution in [0.4, 0.5) is 5.13 Å². The van der Waals surface area contributed by atoms with Gasteiger partial charge in [0, 0.05) is 6.04 Å². The minimum atomic E-state index is 0.637. The Morgan fingerprint density at radius 1 is 1.62 bits per heavy atom. The van der Waals surface area contributed by atoms with Crippen LogP contribution in [0, 0.1) is 5.92 Å². The van der Waals surface area contributed by atoms with Crippen LogP contribution in [0.3, 0.4) is 0 Å². The molecule has 2 rings (SSSR count). The molecule has 1 aromatic rings. The number of nitrogens with zero attached hydrogens (tertiary/aromatic N) is 2. The number of hydrogen-bond donors (Lipinski definition) is 1. The van der Waals surface area contributed by atoms with Crippen LogP contribution < -0.4 is 5.32 Å². The maximum atomic E-state index is 3.99. The zero-order chi connectivity index (χ0) is 9.10. The van der Waals surface area contributed by atoms with E-state index >= 15 is 0 Å². The first kappa shape index (κ1) is 8.94. The van der Waals surface area contributed by atoms with Crippen molar-refractivity contribution < 1.29 is 0 Å². The lowest BCUT2D eigenvalue weighted by molar-refractivity contribution is 0.525. The Morgan fingerprint density at radius 2 is 2.54 bits per heavy atom. The second kappa shape index (κ2) is 4.05. The van der Waals surface area contributed by atoms with Gasteiger partial charge < -0.3 is 5.32 Å². The van der Waals surface area contributed by atoms with Crippen molar-refractivity contribution in [2.45, 2.75) is 38.6 Å². The molecule has 1 heterocycles. The molecule has 1 saturated carbocycles. The maximum Gasteiger partial charge on any atom is 0.205 e. The third-order valence-corrected chi connectivity index (χ3v) is 3.43. The summed E-state index contributed by atoms with van der Waals surface area (Å²) in [7, 11) is 0. The summed E-state index contributed by atoms with van der Waals surface area (Å²) in [6, 6.07) is 0.637. The zero-order valence-electron chi connectivity index (χ0n) is 7.86. The van der Waals surface area contributed by atoms with Gasteiger partial charge in [-0.05, 0) is 25.2 Å². The van der Waals surface area contributed by atoms with Crippen LogP contribution in [0.1, 0.15) is 32.6 Å². The summed E-state index contributed by atoms with van der Waals surface area (Å²) < 4.78 is 0. The maximum absolute atomic E-state index is 3.99. The first-order valence-corrected chi connectivity index (χ1v) is 5.79. The SMILES string of the molecule is CCC1CCC(Nc2nncs2)C1. The van der Waals surface area contributed by atoms with Crippen LogP contribution in [0.2, 0.25) is 0 Å². The minimum Gasteiger partial charge on any atom is -0.357 e. The highest BCUT2D eigenvalue weighted by molar-refractivity contribution is 7.13. The lowest BCUT2D eigenvalue weighted by atomic mass is 10.1. The Balaban J connectivity index is 1.84. The van der Waals surface area contributed by atoms with Gasteiger partial charge in [-0.1, -0.05) is 24.7 Å². The summed E-state index contributed by atoms with van der Waals surface area (Å²) in [6.07, 6.45) is 5.27. The topological polar surface area (TPSA) is 37.8 Å². The molecule has 1 fully saturated rings. The molecular formula is C9H15N3S. The largest absolute Gasteiger partial charge is 0.357 e. The average Bonchev–Trinajstić information content (AvgIpc) is 2.76. The van der Waals surface area contributed by atoms with Gasteiger partial charge in [-0.25, -0.2) is 0 Å². The molecular weight excluding hydrogens is 182 g/mol. The molecule has 0 spiro atoms. The number of rotatable bonds is 3. The van der Waals surface area contributed by atoms with Gasteiger partial charge in [0.25, 0.3) is 0 Å². The van der Waals surface area contributed by atoms with E-state index in [1.807, 2.05) is 0 Å². The quantitative estimate of drug-likeness (QED) is 0.809. The van der Waals surface area contributed by atoms with E-state index < -0.39 is 0 Å². The summed E-state index contributed by atoms with van der Waals surface area (Å²) in [5.41, 5.74) is 1.77. The number of aromatic nitrogens is 2. The van der Waals surface area contributed by atoms with Crippen LogP contribution in [0.5, 0.6) is 0 Å². The monoisotopic (exact) mass is 197 g/mol. The van der Waals surface area contributed by atoms with Crippen molar-refractivity contribution in [1.82, 2.24) is 10.2 Å². The molecule has 0 aromatic carbocycles. The molecule has 72 valence electrons. The van der Waals surface area contributed by atoms with Crippen LogP contribution in [-0.2, 0) is 0 Å². The highest BCUT2D eigenvalue weighted by Crippen LogP contribution is 2.30. The summed E-state index contributed by atoms with van der Waals surface area (Å²) in [5, 5.41) is 12.2. The third kappa shape index (κ3) is 2.18. The van der Waals surface area contributed by atoms with Gasteiger partial charge >= 0.3 is 0 Å². The van der Waals surface area contributed by atoms with Gasteiger partial charge in [0.05, 0.1) is 0 Å². The van der Waals surface area contributed by atoms with Crippen LogP contribution in [-0.4, -0.2) is 16.2 Å². The summed E-state index contributed by atoms with van der Waals surface area (Å²) in [6.45, 7) is 2.28. The van der Waals surface area contributed by atoms with Gasteiger partial charge in [-0.2, -0.15) is 0 Å². The molecule has 3 nitrogen and oxygen atoms in total. The fourth-order valence-corrected chi connectivity index (χ4v) is 2.51. The fraction of sp³-hybridized carbons (Fsp3) is 0.778. The molecule has 1 N–H and O–H groups in total. The van der Waals surface area contributed by atoms with Crippen molar-refractivity contribution >= 4 is 16.5 Å². The van der Waals surface area contributed by atoms with E-state index in [1.54, 1.807) is 16.8 Å². The van der Waals surface area contributed by atoms with Crippen molar-refractivity contribution in [3.05, 3.63) is 5.51 Å². The van der Waals surface area contributed by atoms with Crippen LogP contribution in [0.25, 0.3) is 0 Å². The molecule has 1 aliphatic rings. The molecule has 2 atom stereocenters. The minimum absolute atomic E-state index is 0.637. The molecule has 0 aliphatic heterocycles. The summed E-state index contributed by atoms with van der Waals surface area (Å²) >= 11 is 1.59. The Kier molecular flexibility index (Phi) is 2.78. The van der Waals surface area contributed by atoms with Gasteiger partial charge in [-0.3, -0.25) is 0 Å². The predicted octanol–water partition coefficient (Wildman–Crippen LogP) is 2.53. The number of hydrogen-bond acceptors (Lipinski definition) is 4. The smallest absolute Gasteiger partial charge is 0.205 e. The van der Waals surface area contributed by atoms with E-state index in [2.05, 4.69) is 22.4 Å². The standard InChI is InChI=1S/C9H15N3S/c1-2-7-3-4-8(5-7)11-9-12-10-6-13-9/h6-8H,2-5H2,1H3,(H,11,12).